The Bertz CT molecular complexity index is 1580. The van der Waals surface area contributed by atoms with Crippen LogP contribution >= 0.6 is 0 Å². The Morgan fingerprint density at radius 1 is 1.12 bits per heavy atom. The van der Waals surface area contributed by atoms with Gasteiger partial charge in [-0.15, -0.1) is 0 Å². The molecule has 3 aliphatic rings. The van der Waals surface area contributed by atoms with E-state index in [-0.39, 0.29) is 27.6 Å². The number of nitrogen functional groups attached to an aromatic ring is 1. The number of hydrogen-bond acceptors (Lipinski definition) is 7. The van der Waals surface area contributed by atoms with E-state index in [9.17, 15) is 13.8 Å². The van der Waals surface area contributed by atoms with Crippen LogP contribution in [0, 0.1) is 5.41 Å². The number of benzene rings is 1. The lowest BCUT2D eigenvalue weighted by molar-refractivity contribution is 0.0980. The van der Waals surface area contributed by atoms with Crippen LogP contribution in [0.15, 0.2) is 41.3 Å². The van der Waals surface area contributed by atoms with E-state index in [2.05, 4.69) is 37.9 Å². The van der Waals surface area contributed by atoms with Gasteiger partial charge in [-0.1, -0.05) is 24.3 Å². The third-order valence-corrected chi connectivity index (χ3v) is 10.4. The number of hydrogen-bond donors (Lipinski definition) is 2. The number of nitrogens with one attached hydrogen (secondary N) is 1. The quantitative estimate of drug-likeness (QED) is 0.486. The Morgan fingerprint density at radius 3 is 2.59 bits per heavy atom. The lowest BCUT2D eigenvalue weighted by Gasteiger charge is -2.44. The molecule has 1 unspecified atom stereocenters. The van der Waals surface area contributed by atoms with Crippen LogP contribution in [-0.4, -0.2) is 53.8 Å². The minimum atomic E-state index is -1.22. The van der Waals surface area contributed by atoms with Gasteiger partial charge in [0.15, 0.2) is 0 Å². The van der Waals surface area contributed by atoms with Gasteiger partial charge in [-0.25, -0.2) is 13.6 Å². The van der Waals surface area contributed by atoms with Gasteiger partial charge in [-0.2, -0.15) is 10.1 Å². The van der Waals surface area contributed by atoms with Crippen LogP contribution in [0.5, 0.6) is 0 Å². The first-order chi connectivity index (χ1) is 19.5. The Kier molecular flexibility index (Phi) is 6.80. The average molecular weight is 579 g/mol. The summed E-state index contributed by atoms with van der Waals surface area (Å²) in [6.45, 7) is 8.48. The van der Waals surface area contributed by atoms with Crippen molar-refractivity contribution in [3.8, 4) is 0 Å². The number of rotatable bonds is 4. The zero-order valence-electron chi connectivity index (χ0n) is 24.1. The van der Waals surface area contributed by atoms with Crippen molar-refractivity contribution in [2.45, 2.75) is 63.8 Å². The summed E-state index contributed by atoms with van der Waals surface area (Å²) in [5.41, 5.74) is 8.17. The van der Waals surface area contributed by atoms with Crippen LogP contribution in [0.4, 0.5) is 17.6 Å². The molecule has 12 heteroatoms. The minimum absolute atomic E-state index is 0.0271. The summed E-state index contributed by atoms with van der Waals surface area (Å²) in [6, 6.07) is 10.2. The largest absolute Gasteiger partial charge is 0.383 e. The third kappa shape index (κ3) is 4.66. The molecule has 4 heterocycles. The van der Waals surface area contributed by atoms with Crippen molar-refractivity contribution in [2.24, 2.45) is 12.5 Å². The van der Waals surface area contributed by atoms with Crippen molar-refractivity contribution >= 4 is 34.5 Å². The second kappa shape index (κ2) is 10.1. The van der Waals surface area contributed by atoms with Gasteiger partial charge in [0.25, 0.3) is 11.5 Å². The molecule has 6 rings (SSSR count). The predicted molar refractivity (Wildman–Crippen MR) is 160 cm³/mol. The normalized spacial score (nSPS) is 20.6. The topological polar surface area (TPSA) is 131 Å². The number of aromatic nitrogens is 4. The molecule has 1 fully saturated rings. The van der Waals surface area contributed by atoms with Gasteiger partial charge in [-0.05, 0) is 63.0 Å². The number of carbonyl (C=O) groups excluding carboxylic acids is 1. The summed E-state index contributed by atoms with van der Waals surface area (Å²) < 4.78 is 19.5. The number of carbonyl (C=O) groups is 1. The predicted octanol–water partition coefficient (Wildman–Crippen LogP) is 2.55. The van der Waals surface area contributed by atoms with Crippen molar-refractivity contribution in [3.63, 3.8) is 0 Å². The fraction of sp³-hybridized carbons (Fsp3) is 0.517. The average Bonchev–Trinajstić information content (AvgIpc) is 3.54. The number of amides is 1. The molecule has 0 radical (unpaired) electrons. The molecule has 2 aliphatic heterocycles. The van der Waals surface area contributed by atoms with Gasteiger partial charge in [0, 0.05) is 39.3 Å². The fourth-order valence-corrected chi connectivity index (χ4v) is 7.47. The van der Waals surface area contributed by atoms with E-state index >= 15 is 0 Å². The standard InChI is InChI=1S/C29H38N8O3S/c1-28(2,3)41(40)33-23-20-9-6-5-8-19(20)18-29(23)11-16-35(17-12-29)27-32-24(30)22(25(38)34(27)4)26(39)36-14-7-15-37-21(36)10-13-31-37/h5-6,8-10,13,23,33H,7,11-12,14-18,30H2,1-4H3/t23?,41-/m1/s1. The molecule has 3 aromatic rings. The van der Waals surface area contributed by atoms with E-state index in [1.54, 1.807) is 28.9 Å². The molecule has 41 heavy (non-hydrogen) atoms. The van der Waals surface area contributed by atoms with Crippen molar-refractivity contribution in [1.29, 1.82) is 0 Å². The number of piperidine rings is 1. The maximum atomic E-state index is 13.6. The van der Waals surface area contributed by atoms with Crippen LogP contribution < -0.4 is 25.8 Å². The lowest BCUT2D eigenvalue weighted by atomic mass is 9.73. The molecule has 1 saturated heterocycles. The molecule has 1 spiro atoms. The smallest absolute Gasteiger partial charge is 0.269 e. The van der Waals surface area contributed by atoms with Crippen molar-refractivity contribution in [3.05, 3.63) is 63.6 Å². The molecule has 2 atom stereocenters. The molecular weight excluding hydrogens is 540 g/mol. The lowest BCUT2D eigenvalue weighted by Crippen LogP contribution is -2.49. The molecule has 218 valence electrons. The van der Waals surface area contributed by atoms with Gasteiger partial charge in [0.05, 0.1) is 28.0 Å². The number of anilines is 3. The second-order valence-corrected chi connectivity index (χ2v) is 14.4. The summed E-state index contributed by atoms with van der Waals surface area (Å²) >= 11 is 0. The first-order valence-corrected chi connectivity index (χ1v) is 15.4. The molecule has 2 aromatic heterocycles. The highest BCUT2D eigenvalue weighted by Gasteiger charge is 2.49. The summed E-state index contributed by atoms with van der Waals surface area (Å²) in [4.78, 5) is 35.3. The fourth-order valence-electron chi connectivity index (χ4n) is 6.53. The van der Waals surface area contributed by atoms with Crippen LogP contribution in [-0.2, 0) is 31.0 Å². The zero-order chi connectivity index (χ0) is 29.1. The van der Waals surface area contributed by atoms with Crippen LogP contribution in [0.3, 0.4) is 0 Å². The van der Waals surface area contributed by atoms with Crippen LogP contribution in [0.2, 0.25) is 0 Å². The Hall–Kier alpha value is -3.51. The summed E-state index contributed by atoms with van der Waals surface area (Å²) in [7, 11) is 0.430. The maximum absolute atomic E-state index is 13.6. The molecule has 3 N–H and O–H groups in total. The molecule has 1 aromatic carbocycles. The minimum Gasteiger partial charge on any atom is -0.383 e. The monoisotopic (exact) mass is 578 g/mol. The Morgan fingerprint density at radius 2 is 1.85 bits per heavy atom. The van der Waals surface area contributed by atoms with Crippen molar-refractivity contribution in [2.75, 3.05) is 35.2 Å². The van der Waals surface area contributed by atoms with E-state index in [4.69, 9.17) is 5.73 Å². The summed E-state index contributed by atoms with van der Waals surface area (Å²) in [6.07, 6.45) is 4.95. The van der Waals surface area contributed by atoms with Gasteiger partial charge in [0.2, 0.25) is 5.95 Å². The van der Waals surface area contributed by atoms with Gasteiger partial charge >= 0.3 is 0 Å². The third-order valence-electron chi connectivity index (χ3n) is 8.82. The van der Waals surface area contributed by atoms with E-state index in [1.165, 1.54) is 15.7 Å². The van der Waals surface area contributed by atoms with E-state index < -0.39 is 22.5 Å². The van der Waals surface area contributed by atoms with Gasteiger partial charge in [-0.3, -0.25) is 19.1 Å². The van der Waals surface area contributed by atoms with Gasteiger partial charge in [0.1, 0.15) is 17.2 Å². The molecule has 1 aliphatic carbocycles. The zero-order valence-corrected chi connectivity index (χ0v) is 24.9. The van der Waals surface area contributed by atoms with Gasteiger partial charge < -0.3 is 10.6 Å². The molecular formula is C29H38N8O3S. The molecule has 0 bridgehead atoms. The first-order valence-electron chi connectivity index (χ1n) is 14.2. The van der Waals surface area contributed by atoms with E-state index in [1.807, 2.05) is 26.8 Å². The Labute approximate surface area is 242 Å². The van der Waals surface area contributed by atoms with Crippen molar-refractivity contribution in [1.82, 2.24) is 24.1 Å². The van der Waals surface area contributed by atoms with Crippen LogP contribution in [0.1, 0.15) is 67.6 Å². The highest BCUT2D eigenvalue weighted by molar-refractivity contribution is 7.84. The Balaban J connectivity index is 1.25. The van der Waals surface area contributed by atoms with Crippen molar-refractivity contribution < 1.29 is 9.00 Å². The molecule has 0 saturated carbocycles. The number of aryl methyl sites for hydroxylation is 1. The molecule has 11 nitrogen and oxygen atoms in total. The summed E-state index contributed by atoms with van der Waals surface area (Å²) in [5.74, 6) is 0.603. The van der Waals surface area contributed by atoms with E-state index in [0.717, 1.165) is 32.2 Å². The number of nitrogens with zero attached hydrogens (tertiary/aromatic N) is 6. The number of fused-ring (bicyclic) bond motifs is 2. The first kappa shape index (κ1) is 27.6. The maximum Gasteiger partial charge on any atom is 0.269 e. The highest BCUT2D eigenvalue weighted by atomic mass is 32.2. The highest BCUT2D eigenvalue weighted by Crippen LogP contribution is 2.52. The molecule has 1 amide bonds. The number of nitrogens with two attached hydrogens (primary N) is 1. The summed E-state index contributed by atoms with van der Waals surface area (Å²) in [5, 5.41) is 4.26. The van der Waals surface area contributed by atoms with Crippen LogP contribution in [0.25, 0.3) is 0 Å². The second-order valence-electron chi connectivity index (χ2n) is 12.4. The van der Waals surface area contributed by atoms with E-state index in [0.29, 0.717) is 31.4 Å². The SMILES string of the molecule is Cn1c(N2CCC3(CC2)Cc2ccccc2C3N[S@](=O)C(C)(C)C)nc(N)c(C(=O)N2CCCn3nccc32)c1=O.